The number of benzene rings is 2. The van der Waals surface area contributed by atoms with E-state index >= 15 is 0 Å². The van der Waals surface area contributed by atoms with Crippen LogP contribution in [0.15, 0.2) is 72.5 Å². The summed E-state index contributed by atoms with van der Waals surface area (Å²) in [4.78, 5) is 12.3. The van der Waals surface area contributed by atoms with Crippen LogP contribution in [0.5, 0.6) is 5.75 Å². The van der Waals surface area contributed by atoms with Crippen LogP contribution in [0.25, 0.3) is 10.9 Å². The van der Waals surface area contributed by atoms with Gasteiger partial charge >= 0.3 is 0 Å². The summed E-state index contributed by atoms with van der Waals surface area (Å²) in [6.45, 7) is 8.90. The molecular weight excluding hydrogens is 455 g/mol. The third kappa shape index (κ3) is 4.36. The van der Waals surface area contributed by atoms with Gasteiger partial charge < -0.3 is 9.64 Å². The molecule has 7 rings (SSSR count). The van der Waals surface area contributed by atoms with Crippen molar-refractivity contribution in [2.24, 2.45) is 11.8 Å². The van der Waals surface area contributed by atoms with E-state index in [1.165, 1.54) is 28.6 Å². The average molecular weight is 488 g/mol. The molecule has 1 aromatic heterocycles. The van der Waals surface area contributed by atoms with Gasteiger partial charge in [-0.1, -0.05) is 41.9 Å². The van der Waals surface area contributed by atoms with Gasteiger partial charge in [-0.3, -0.25) is 14.8 Å². The van der Waals surface area contributed by atoms with Gasteiger partial charge in [0.15, 0.2) is 5.75 Å². The van der Waals surface area contributed by atoms with Gasteiger partial charge in [0.25, 0.3) is 0 Å². The van der Waals surface area contributed by atoms with Gasteiger partial charge in [0, 0.05) is 68.1 Å². The maximum absolute atomic E-state index is 6.42. The molecule has 6 heteroatoms. The first-order valence-electron chi connectivity index (χ1n) is 13.6. The van der Waals surface area contributed by atoms with Crippen LogP contribution < -0.4 is 15.1 Å². The van der Waals surface area contributed by atoms with Crippen molar-refractivity contribution in [3.05, 3.63) is 83.6 Å². The number of aromatic nitrogens is 1. The van der Waals surface area contributed by atoms with Crippen molar-refractivity contribution in [1.82, 2.24) is 14.8 Å². The van der Waals surface area contributed by atoms with Crippen LogP contribution in [0, 0.1) is 11.8 Å². The second-order valence-corrected chi connectivity index (χ2v) is 11.0. The van der Waals surface area contributed by atoms with Crippen molar-refractivity contribution < 1.29 is 4.74 Å². The second kappa shape index (κ2) is 9.34. The van der Waals surface area contributed by atoms with Crippen LogP contribution in [0.3, 0.4) is 0 Å². The average Bonchev–Trinajstić information content (AvgIpc) is 3.74. The van der Waals surface area contributed by atoms with Gasteiger partial charge in [0.05, 0.1) is 0 Å². The zero-order chi connectivity index (χ0) is 24.9. The minimum Gasteiger partial charge on any atom is -0.475 e. The summed E-state index contributed by atoms with van der Waals surface area (Å²) < 4.78 is 6.42. The lowest BCUT2D eigenvalue weighted by Crippen LogP contribution is -2.46. The molecule has 37 heavy (non-hydrogen) atoms. The number of piperazine rings is 1. The van der Waals surface area contributed by atoms with Crippen LogP contribution in [0.1, 0.15) is 24.5 Å². The Morgan fingerprint density at radius 2 is 1.95 bits per heavy atom. The SMILES string of the molecule is [B]c1ccc(N2CCN(Cc3cc4c(c5ncccc35)OCN(C(C)C3=CC=CC5CC35)C4)CC2)cc1. The van der Waals surface area contributed by atoms with Crippen molar-refractivity contribution in [3.8, 4) is 5.75 Å². The Balaban J connectivity index is 1.10. The predicted octanol–water partition coefficient (Wildman–Crippen LogP) is 4.02. The van der Waals surface area contributed by atoms with E-state index in [0.29, 0.717) is 12.8 Å². The molecule has 0 bridgehead atoms. The van der Waals surface area contributed by atoms with Gasteiger partial charge in [-0.15, -0.1) is 0 Å². The Labute approximate surface area is 220 Å². The Kier molecular flexibility index (Phi) is 5.82. The summed E-state index contributed by atoms with van der Waals surface area (Å²) in [5, 5.41) is 1.21. The van der Waals surface area contributed by atoms with Crippen molar-refractivity contribution in [2.45, 2.75) is 32.5 Å². The minimum absolute atomic E-state index is 0.386. The van der Waals surface area contributed by atoms with E-state index in [1.807, 2.05) is 24.4 Å². The number of pyridine rings is 1. The highest BCUT2D eigenvalue weighted by Gasteiger charge is 2.42. The highest BCUT2D eigenvalue weighted by molar-refractivity contribution is 6.32. The van der Waals surface area contributed by atoms with E-state index in [2.05, 4.69) is 64.1 Å². The first-order valence-corrected chi connectivity index (χ1v) is 13.6. The molecule has 0 N–H and O–H groups in total. The largest absolute Gasteiger partial charge is 0.475 e. The van der Waals surface area contributed by atoms with E-state index in [4.69, 9.17) is 17.6 Å². The minimum atomic E-state index is 0.386. The number of hydrogen-bond donors (Lipinski definition) is 0. The van der Waals surface area contributed by atoms with Gasteiger partial charge in [-0.25, -0.2) is 0 Å². The highest BCUT2D eigenvalue weighted by Crippen LogP contribution is 2.49. The molecule has 3 unspecified atom stereocenters. The molecule has 4 aliphatic rings. The lowest BCUT2D eigenvalue weighted by atomic mass is 9.95. The van der Waals surface area contributed by atoms with E-state index in [-0.39, 0.29) is 0 Å². The number of fused-ring (bicyclic) bond motifs is 4. The summed E-state index contributed by atoms with van der Waals surface area (Å²) in [7, 11) is 5.88. The van der Waals surface area contributed by atoms with Crippen molar-refractivity contribution in [2.75, 3.05) is 37.8 Å². The van der Waals surface area contributed by atoms with Crippen molar-refractivity contribution >= 4 is 29.9 Å². The number of anilines is 1. The molecular formula is C31H33BN4O. The second-order valence-electron chi connectivity index (χ2n) is 11.0. The van der Waals surface area contributed by atoms with Crippen LogP contribution >= 0.6 is 0 Å². The first-order chi connectivity index (χ1) is 18.1. The van der Waals surface area contributed by atoms with E-state index in [9.17, 15) is 0 Å². The molecule has 2 fully saturated rings. The van der Waals surface area contributed by atoms with Gasteiger partial charge in [-0.2, -0.15) is 0 Å². The molecule has 3 atom stereocenters. The smallest absolute Gasteiger partial charge is 0.152 e. The zero-order valence-electron chi connectivity index (χ0n) is 21.5. The molecule has 186 valence electrons. The van der Waals surface area contributed by atoms with Gasteiger partial charge in [-0.05, 0) is 60.6 Å². The first kappa shape index (κ1) is 23.1. The number of allylic oxidation sites excluding steroid dienone is 3. The Morgan fingerprint density at radius 1 is 1.11 bits per heavy atom. The number of hydrogen-bond acceptors (Lipinski definition) is 5. The predicted molar refractivity (Wildman–Crippen MR) is 150 cm³/mol. The lowest BCUT2D eigenvalue weighted by molar-refractivity contribution is 0.0735. The number of nitrogens with zero attached hydrogens (tertiary/aromatic N) is 4. The molecule has 2 aliphatic heterocycles. The summed E-state index contributed by atoms with van der Waals surface area (Å²) >= 11 is 0. The highest BCUT2D eigenvalue weighted by atomic mass is 16.5. The Bertz CT molecular complexity index is 1380. The third-order valence-corrected chi connectivity index (χ3v) is 8.73. The van der Waals surface area contributed by atoms with Crippen LogP contribution in [0.4, 0.5) is 5.69 Å². The molecule has 3 heterocycles. The Hall–Kier alpha value is -3.09. The van der Waals surface area contributed by atoms with Gasteiger partial charge in [0.1, 0.15) is 20.1 Å². The van der Waals surface area contributed by atoms with Crippen LogP contribution in [0.2, 0.25) is 0 Å². The van der Waals surface area contributed by atoms with Crippen LogP contribution in [-0.2, 0) is 13.1 Å². The fourth-order valence-corrected chi connectivity index (χ4v) is 6.41. The van der Waals surface area contributed by atoms with E-state index < -0.39 is 0 Å². The third-order valence-electron chi connectivity index (χ3n) is 8.73. The molecule has 1 saturated heterocycles. The summed E-state index contributed by atoms with van der Waals surface area (Å²) in [5.41, 5.74) is 7.26. The topological polar surface area (TPSA) is 31.8 Å². The Morgan fingerprint density at radius 3 is 2.78 bits per heavy atom. The molecule has 0 amide bonds. The molecule has 3 aromatic rings. The number of ether oxygens (including phenoxy) is 1. The monoisotopic (exact) mass is 488 g/mol. The maximum Gasteiger partial charge on any atom is 0.152 e. The molecule has 2 aromatic carbocycles. The summed E-state index contributed by atoms with van der Waals surface area (Å²) in [6.07, 6.45) is 10.2. The van der Waals surface area contributed by atoms with E-state index in [1.54, 1.807) is 5.57 Å². The normalized spacial score (nSPS) is 24.2. The molecule has 2 radical (unpaired) electrons. The summed E-state index contributed by atoms with van der Waals surface area (Å²) in [6, 6.07) is 15.3. The lowest BCUT2D eigenvalue weighted by Gasteiger charge is -2.37. The molecule has 2 aliphatic carbocycles. The molecule has 0 spiro atoms. The maximum atomic E-state index is 6.42. The zero-order valence-corrected chi connectivity index (χ0v) is 21.5. The van der Waals surface area contributed by atoms with E-state index in [0.717, 1.165) is 67.8 Å². The molecule has 5 nitrogen and oxygen atoms in total. The van der Waals surface area contributed by atoms with Crippen molar-refractivity contribution in [1.29, 1.82) is 0 Å². The summed E-state index contributed by atoms with van der Waals surface area (Å²) in [5.74, 6) is 2.47. The fraction of sp³-hybridized carbons (Fsp3) is 0.387. The molecule has 1 saturated carbocycles. The fourth-order valence-electron chi connectivity index (χ4n) is 6.41. The van der Waals surface area contributed by atoms with Crippen molar-refractivity contribution in [3.63, 3.8) is 0 Å². The standard InChI is InChI=1S/C31H33BN4O/c1-21(27-5-2-4-22-17-29(22)27)36-19-24-16-23(28-6-3-11-33-30(28)31(24)37-20-36)18-34-12-14-35(15-13-34)26-9-7-25(32)8-10-26/h2-11,16,21-22,29H,12-15,17-20H2,1H3. The quantitative estimate of drug-likeness (QED) is 0.507. The van der Waals surface area contributed by atoms with Gasteiger partial charge in [0.2, 0.25) is 0 Å². The number of rotatable bonds is 5. The van der Waals surface area contributed by atoms with Crippen LogP contribution in [-0.4, -0.2) is 61.6 Å².